The molecule has 0 heterocycles. The molecule has 0 aromatic heterocycles. The summed E-state index contributed by atoms with van der Waals surface area (Å²) in [6, 6.07) is -1.51. The van der Waals surface area contributed by atoms with Crippen molar-refractivity contribution in [1.82, 2.24) is 0 Å². The van der Waals surface area contributed by atoms with Crippen LogP contribution in [0.15, 0.2) is 5.11 Å². The summed E-state index contributed by atoms with van der Waals surface area (Å²) in [6.07, 6.45) is -4.94. The van der Waals surface area contributed by atoms with E-state index in [0.717, 1.165) is 0 Å². The van der Waals surface area contributed by atoms with Gasteiger partial charge in [0.05, 0.1) is 18.8 Å². The molecule has 0 bridgehead atoms. The van der Waals surface area contributed by atoms with Crippen LogP contribution < -0.4 is 0 Å². The molecule has 0 amide bonds. The predicted molar refractivity (Wildman–Crippen MR) is 44.1 cm³/mol. The van der Waals surface area contributed by atoms with Crippen molar-refractivity contribution < 1.29 is 25.2 Å². The number of rotatable bonds is 6. The van der Waals surface area contributed by atoms with E-state index >= 15 is 0 Å². The van der Waals surface area contributed by atoms with Gasteiger partial charge in [0.25, 0.3) is 0 Å². The van der Waals surface area contributed by atoms with Crippen LogP contribution in [0.3, 0.4) is 0 Å². The minimum atomic E-state index is -1.72. The molecule has 4 unspecified atom stereocenters. The highest BCUT2D eigenvalue weighted by molar-refractivity contribution is 5.57. The molecule has 0 radical (unpaired) electrons. The summed E-state index contributed by atoms with van der Waals surface area (Å²) in [7, 11) is 0. The zero-order valence-corrected chi connectivity index (χ0v) is 7.13. The lowest BCUT2D eigenvalue weighted by Gasteiger charge is -2.23. The average molecular weight is 205 g/mol. The molecule has 0 fully saturated rings. The molecule has 0 rings (SSSR count). The molecule has 14 heavy (non-hydrogen) atoms. The van der Waals surface area contributed by atoms with Crippen molar-refractivity contribution >= 4 is 6.29 Å². The Morgan fingerprint density at radius 1 is 1.43 bits per heavy atom. The van der Waals surface area contributed by atoms with Gasteiger partial charge >= 0.3 is 0 Å². The van der Waals surface area contributed by atoms with Gasteiger partial charge in [-0.05, 0) is 5.53 Å². The summed E-state index contributed by atoms with van der Waals surface area (Å²) < 4.78 is 0. The molecule has 80 valence electrons. The molecule has 0 saturated carbocycles. The first-order chi connectivity index (χ1) is 6.58. The number of aliphatic hydroxyl groups is 4. The standard InChI is InChI=1S/C6H11N3O5/c7-9-8-5(3(12)1-10)6(14)4(13)2-11/h1,3-6,11-14H,2H2. The number of carbonyl (C=O) groups is 1. The number of hydrogen-bond donors (Lipinski definition) is 4. The normalized spacial score (nSPS) is 18.9. The first-order valence-electron chi connectivity index (χ1n) is 3.73. The van der Waals surface area contributed by atoms with Crippen molar-refractivity contribution in [2.45, 2.75) is 24.4 Å². The van der Waals surface area contributed by atoms with Crippen LogP contribution in [0.5, 0.6) is 0 Å². The molecule has 0 aliphatic rings. The fraction of sp³-hybridized carbons (Fsp3) is 0.833. The summed E-state index contributed by atoms with van der Waals surface area (Å²) in [5.41, 5.74) is 8.06. The van der Waals surface area contributed by atoms with E-state index in [2.05, 4.69) is 10.0 Å². The number of aldehydes is 1. The van der Waals surface area contributed by atoms with E-state index in [-0.39, 0.29) is 6.29 Å². The Morgan fingerprint density at radius 2 is 2.00 bits per heavy atom. The minimum absolute atomic E-state index is 0.0622. The summed E-state index contributed by atoms with van der Waals surface area (Å²) in [4.78, 5) is 12.4. The first-order valence-corrected chi connectivity index (χ1v) is 3.73. The predicted octanol–water partition coefficient (Wildman–Crippen LogP) is -2.06. The second-order valence-corrected chi connectivity index (χ2v) is 2.56. The lowest BCUT2D eigenvalue weighted by Crippen LogP contribution is -2.45. The van der Waals surface area contributed by atoms with Crippen LogP contribution >= 0.6 is 0 Å². The fourth-order valence-corrected chi connectivity index (χ4v) is 0.814. The van der Waals surface area contributed by atoms with Gasteiger partial charge in [-0.15, -0.1) is 0 Å². The van der Waals surface area contributed by atoms with Crippen molar-refractivity contribution in [3.63, 3.8) is 0 Å². The maximum absolute atomic E-state index is 10.1. The highest BCUT2D eigenvalue weighted by Gasteiger charge is 2.30. The van der Waals surface area contributed by atoms with E-state index in [1.165, 1.54) is 0 Å². The Hall–Kier alpha value is -1.18. The van der Waals surface area contributed by atoms with Crippen LogP contribution in [0.25, 0.3) is 10.4 Å². The van der Waals surface area contributed by atoms with Gasteiger partial charge in [-0.2, -0.15) is 0 Å². The average Bonchev–Trinajstić information content (AvgIpc) is 2.22. The molecular weight excluding hydrogens is 194 g/mol. The molecule has 4 N–H and O–H groups in total. The molecule has 8 nitrogen and oxygen atoms in total. The van der Waals surface area contributed by atoms with E-state index in [1.807, 2.05) is 0 Å². The third kappa shape index (κ3) is 3.29. The van der Waals surface area contributed by atoms with Gasteiger partial charge in [0.15, 0.2) is 0 Å². The molecule has 0 spiro atoms. The molecule has 4 atom stereocenters. The molecule has 0 aliphatic carbocycles. The molecule has 0 aliphatic heterocycles. The van der Waals surface area contributed by atoms with Gasteiger partial charge < -0.3 is 25.2 Å². The summed E-state index contributed by atoms with van der Waals surface area (Å²) in [6.45, 7) is -0.774. The van der Waals surface area contributed by atoms with Gasteiger partial charge in [-0.3, -0.25) is 0 Å². The summed E-state index contributed by atoms with van der Waals surface area (Å²) >= 11 is 0. The second kappa shape index (κ2) is 6.30. The Morgan fingerprint density at radius 3 is 2.36 bits per heavy atom. The topological polar surface area (TPSA) is 147 Å². The van der Waals surface area contributed by atoms with E-state index in [0.29, 0.717) is 0 Å². The molecular formula is C6H11N3O5. The zero-order valence-electron chi connectivity index (χ0n) is 7.13. The van der Waals surface area contributed by atoms with E-state index in [4.69, 9.17) is 20.9 Å². The van der Waals surface area contributed by atoms with Crippen LogP contribution in [-0.4, -0.2) is 57.7 Å². The highest BCUT2D eigenvalue weighted by atomic mass is 16.4. The van der Waals surface area contributed by atoms with Crippen molar-refractivity contribution in [2.24, 2.45) is 5.11 Å². The van der Waals surface area contributed by atoms with Gasteiger partial charge in [0.1, 0.15) is 18.5 Å². The van der Waals surface area contributed by atoms with Gasteiger partial charge in [-0.1, -0.05) is 5.11 Å². The highest BCUT2D eigenvalue weighted by Crippen LogP contribution is 2.08. The maximum Gasteiger partial charge on any atom is 0.149 e. The maximum atomic E-state index is 10.1. The number of nitrogens with zero attached hydrogens (tertiary/aromatic N) is 3. The Kier molecular flexibility index (Phi) is 5.77. The summed E-state index contributed by atoms with van der Waals surface area (Å²) in [5, 5.41) is 38.6. The lowest BCUT2D eigenvalue weighted by molar-refractivity contribution is -0.119. The Bertz CT molecular complexity index is 230. The third-order valence-electron chi connectivity index (χ3n) is 1.61. The SMILES string of the molecule is [N-]=[N+]=NC(C(O)C=O)C(O)C(O)CO. The van der Waals surface area contributed by atoms with Crippen molar-refractivity contribution in [3.8, 4) is 0 Å². The minimum Gasteiger partial charge on any atom is -0.394 e. The number of hydrogen-bond acceptors (Lipinski definition) is 6. The Balaban J connectivity index is 4.63. The van der Waals surface area contributed by atoms with Crippen LogP contribution in [0.2, 0.25) is 0 Å². The van der Waals surface area contributed by atoms with E-state index < -0.39 is 31.0 Å². The molecule has 0 aromatic rings. The van der Waals surface area contributed by atoms with Crippen LogP contribution in [0.1, 0.15) is 0 Å². The van der Waals surface area contributed by atoms with Crippen molar-refractivity contribution in [2.75, 3.05) is 6.61 Å². The van der Waals surface area contributed by atoms with Crippen LogP contribution in [0, 0.1) is 0 Å². The monoisotopic (exact) mass is 205 g/mol. The zero-order chi connectivity index (χ0) is 11.1. The van der Waals surface area contributed by atoms with Crippen LogP contribution in [-0.2, 0) is 4.79 Å². The van der Waals surface area contributed by atoms with Gasteiger partial charge in [0, 0.05) is 4.91 Å². The van der Waals surface area contributed by atoms with E-state index in [1.54, 1.807) is 0 Å². The largest absolute Gasteiger partial charge is 0.394 e. The fourth-order valence-electron chi connectivity index (χ4n) is 0.814. The number of azide groups is 1. The van der Waals surface area contributed by atoms with Crippen molar-refractivity contribution in [3.05, 3.63) is 10.4 Å². The number of carbonyl (C=O) groups excluding carboxylic acids is 1. The van der Waals surface area contributed by atoms with Crippen molar-refractivity contribution in [1.29, 1.82) is 0 Å². The first kappa shape index (κ1) is 12.8. The summed E-state index contributed by atoms with van der Waals surface area (Å²) in [5.74, 6) is 0. The molecule has 0 aromatic carbocycles. The van der Waals surface area contributed by atoms with Crippen LogP contribution in [0.4, 0.5) is 0 Å². The smallest absolute Gasteiger partial charge is 0.149 e. The lowest BCUT2D eigenvalue weighted by atomic mass is 10.0. The number of aliphatic hydroxyl groups excluding tert-OH is 4. The van der Waals surface area contributed by atoms with Gasteiger partial charge in [0.2, 0.25) is 0 Å². The molecule has 0 saturated heterocycles. The molecule has 8 heteroatoms. The quantitative estimate of drug-likeness (QED) is 0.170. The second-order valence-electron chi connectivity index (χ2n) is 2.56. The Labute approximate surface area is 79.0 Å². The van der Waals surface area contributed by atoms with E-state index in [9.17, 15) is 9.90 Å². The third-order valence-corrected chi connectivity index (χ3v) is 1.61. The van der Waals surface area contributed by atoms with Gasteiger partial charge in [-0.25, -0.2) is 0 Å².